The minimum atomic E-state index is -0.0256. The zero-order valence-corrected chi connectivity index (χ0v) is 11.8. The predicted molar refractivity (Wildman–Crippen MR) is 77.7 cm³/mol. The first-order valence-corrected chi connectivity index (χ1v) is 7.34. The van der Waals surface area contributed by atoms with E-state index >= 15 is 0 Å². The summed E-state index contributed by atoms with van der Waals surface area (Å²) in [6.07, 6.45) is 0. The molecular weight excluding hydrogens is 266 g/mol. The highest BCUT2D eigenvalue weighted by Gasteiger charge is 2.10. The van der Waals surface area contributed by atoms with E-state index in [9.17, 15) is 4.79 Å². The molecule has 1 N–H and O–H groups in total. The minimum absolute atomic E-state index is 0.0256. The summed E-state index contributed by atoms with van der Waals surface area (Å²) in [5.74, 6) is -0.0256. The van der Waals surface area contributed by atoms with Gasteiger partial charge < -0.3 is 10.1 Å². The third kappa shape index (κ3) is 3.41. The van der Waals surface area contributed by atoms with Gasteiger partial charge in [-0.2, -0.15) is 0 Å². The lowest BCUT2D eigenvalue weighted by Crippen LogP contribution is -2.26. The molecule has 0 aliphatic heterocycles. The minimum Gasteiger partial charge on any atom is -0.375 e. The van der Waals surface area contributed by atoms with E-state index in [0.29, 0.717) is 19.8 Å². The predicted octanol–water partition coefficient (Wildman–Crippen LogP) is 3.29. The Bertz CT molecular complexity index is 528. The van der Waals surface area contributed by atoms with Crippen molar-refractivity contribution in [2.24, 2.45) is 0 Å². The average molecular weight is 281 g/mol. The number of hydrogen-bond donors (Lipinski definition) is 1. The van der Waals surface area contributed by atoms with Crippen LogP contribution in [0.2, 0.25) is 0 Å². The normalized spacial score (nSPS) is 10.7. The van der Waals surface area contributed by atoms with Crippen molar-refractivity contribution in [3.05, 3.63) is 34.5 Å². The van der Waals surface area contributed by atoms with E-state index in [4.69, 9.17) is 4.74 Å². The molecule has 18 heavy (non-hydrogen) atoms. The second-order valence-corrected chi connectivity index (χ2v) is 6.06. The highest BCUT2D eigenvalue weighted by molar-refractivity contribution is 7.27. The number of amides is 1. The Morgan fingerprint density at radius 2 is 2.33 bits per heavy atom. The number of carbonyl (C=O) groups excluding carboxylic acids is 1. The maximum absolute atomic E-state index is 11.8. The van der Waals surface area contributed by atoms with Gasteiger partial charge in [0.05, 0.1) is 18.1 Å². The van der Waals surface area contributed by atoms with Crippen LogP contribution in [0.25, 0.3) is 9.40 Å². The lowest BCUT2D eigenvalue weighted by molar-refractivity contribution is 0.0931. The standard InChI is InChI=1S/C13H15NO2S2/c1-9(2)8-16-5-4-14-13(15)12-7-11-10(18-12)3-6-17-11/h3,6-7H,1,4-5,8H2,2H3,(H,14,15). The maximum atomic E-state index is 11.8. The molecule has 96 valence electrons. The number of rotatable bonds is 6. The van der Waals surface area contributed by atoms with E-state index in [1.165, 1.54) is 20.7 Å². The van der Waals surface area contributed by atoms with Gasteiger partial charge in [-0.25, -0.2) is 0 Å². The molecule has 0 fully saturated rings. The van der Waals surface area contributed by atoms with Gasteiger partial charge in [-0.15, -0.1) is 22.7 Å². The van der Waals surface area contributed by atoms with E-state index in [0.717, 1.165) is 10.5 Å². The second kappa shape index (κ2) is 6.13. The van der Waals surface area contributed by atoms with Crippen molar-refractivity contribution in [2.45, 2.75) is 6.92 Å². The van der Waals surface area contributed by atoms with Crippen LogP contribution in [0.1, 0.15) is 16.6 Å². The number of nitrogens with one attached hydrogen (secondary N) is 1. The zero-order chi connectivity index (χ0) is 13.0. The van der Waals surface area contributed by atoms with E-state index in [-0.39, 0.29) is 5.91 Å². The molecular formula is C13H15NO2S2. The van der Waals surface area contributed by atoms with Gasteiger partial charge in [0, 0.05) is 15.9 Å². The van der Waals surface area contributed by atoms with Gasteiger partial charge in [-0.1, -0.05) is 12.2 Å². The summed E-state index contributed by atoms with van der Waals surface area (Å²) >= 11 is 3.18. The molecule has 0 aliphatic carbocycles. The topological polar surface area (TPSA) is 38.3 Å². The summed E-state index contributed by atoms with van der Waals surface area (Å²) in [6, 6.07) is 3.98. The van der Waals surface area contributed by atoms with Gasteiger partial charge in [-0.05, 0) is 24.4 Å². The van der Waals surface area contributed by atoms with Gasteiger partial charge in [0.25, 0.3) is 5.91 Å². The van der Waals surface area contributed by atoms with Crippen LogP contribution in [-0.4, -0.2) is 25.7 Å². The molecule has 1 amide bonds. The van der Waals surface area contributed by atoms with E-state index < -0.39 is 0 Å². The highest BCUT2D eigenvalue weighted by Crippen LogP contribution is 2.29. The lowest BCUT2D eigenvalue weighted by atomic mass is 10.4. The van der Waals surface area contributed by atoms with Gasteiger partial charge in [0.1, 0.15) is 0 Å². The van der Waals surface area contributed by atoms with Gasteiger partial charge in [-0.3, -0.25) is 4.79 Å². The summed E-state index contributed by atoms with van der Waals surface area (Å²) in [5.41, 5.74) is 0.986. The lowest BCUT2D eigenvalue weighted by Gasteiger charge is -2.04. The van der Waals surface area contributed by atoms with Gasteiger partial charge in [0.15, 0.2) is 0 Å². The number of fused-ring (bicyclic) bond motifs is 1. The molecule has 2 aromatic heterocycles. The molecule has 5 heteroatoms. The first kappa shape index (κ1) is 13.3. The zero-order valence-electron chi connectivity index (χ0n) is 10.2. The van der Waals surface area contributed by atoms with Crippen LogP contribution < -0.4 is 5.32 Å². The van der Waals surface area contributed by atoms with Crippen molar-refractivity contribution in [1.29, 1.82) is 0 Å². The fourth-order valence-corrected chi connectivity index (χ4v) is 3.47. The molecule has 0 saturated carbocycles. The maximum Gasteiger partial charge on any atom is 0.261 e. The summed E-state index contributed by atoms with van der Waals surface area (Å²) in [6.45, 7) is 7.24. The average Bonchev–Trinajstić information content (AvgIpc) is 2.87. The molecule has 2 rings (SSSR count). The van der Waals surface area contributed by atoms with Crippen molar-refractivity contribution < 1.29 is 9.53 Å². The van der Waals surface area contributed by atoms with Crippen LogP contribution in [0.15, 0.2) is 29.7 Å². The Labute approximate surface area is 114 Å². The molecule has 0 bridgehead atoms. The first-order chi connectivity index (χ1) is 8.66. The number of hydrogen-bond acceptors (Lipinski definition) is 4. The molecule has 0 aromatic carbocycles. The molecule has 0 radical (unpaired) electrons. The Hall–Kier alpha value is -1.17. The second-order valence-electron chi connectivity index (χ2n) is 4.03. The SMILES string of the molecule is C=C(C)COCCNC(=O)c1cc2sccc2s1. The first-order valence-electron chi connectivity index (χ1n) is 5.64. The quantitative estimate of drug-likeness (QED) is 0.652. The van der Waals surface area contributed by atoms with Crippen LogP contribution in [0.5, 0.6) is 0 Å². The summed E-state index contributed by atoms with van der Waals surface area (Å²) in [5, 5.41) is 4.88. The number of thiophene rings is 2. The third-order valence-corrected chi connectivity index (χ3v) is 4.34. The van der Waals surface area contributed by atoms with Crippen molar-refractivity contribution in [2.75, 3.05) is 19.8 Å². The van der Waals surface area contributed by atoms with Crippen LogP contribution in [0.3, 0.4) is 0 Å². The summed E-state index contributed by atoms with van der Waals surface area (Å²) in [4.78, 5) is 12.6. The third-order valence-electron chi connectivity index (χ3n) is 2.24. The number of ether oxygens (including phenoxy) is 1. The Morgan fingerprint density at radius 3 is 3.06 bits per heavy atom. The van der Waals surface area contributed by atoms with Crippen LogP contribution >= 0.6 is 22.7 Å². The van der Waals surface area contributed by atoms with Crippen molar-refractivity contribution >= 4 is 38.0 Å². The van der Waals surface area contributed by atoms with E-state index in [1.807, 2.05) is 24.4 Å². The van der Waals surface area contributed by atoms with Crippen LogP contribution in [0, 0.1) is 0 Å². The smallest absolute Gasteiger partial charge is 0.261 e. The molecule has 0 saturated heterocycles. The van der Waals surface area contributed by atoms with Crippen LogP contribution in [-0.2, 0) is 4.74 Å². The highest BCUT2D eigenvalue weighted by atomic mass is 32.1. The fourth-order valence-electron chi connectivity index (χ4n) is 1.45. The Kier molecular flexibility index (Phi) is 4.52. The summed E-state index contributed by atoms with van der Waals surface area (Å²) < 4.78 is 7.66. The molecule has 0 unspecified atom stereocenters. The molecule has 0 spiro atoms. The molecule has 2 heterocycles. The Balaban J connectivity index is 1.78. The number of carbonyl (C=O) groups is 1. The van der Waals surface area contributed by atoms with Gasteiger partial charge >= 0.3 is 0 Å². The Morgan fingerprint density at radius 1 is 1.50 bits per heavy atom. The van der Waals surface area contributed by atoms with Crippen molar-refractivity contribution in [1.82, 2.24) is 5.32 Å². The van der Waals surface area contributed by atoms with Crippen molar-refractivity contribution in [3.63, 3.8) is 0 Å². The molecule has 2 aromatic rings. The van der Waals surface area contributed by atoms with Gasteiger partial charge in [0.2, 0.25) is 0 Å². The molecule has 0 atom stereocenters. The van der Waals surface area contributed by atoms with Crippen LogP contribution in [0.4, 0.5) is 0 Å². The van der Waals surface area contributed by atoms with Crippen molar-refractivity contribution in [3.8, 4) is 0 Å². The van der Waals surface area contributed by atoms with E-state index in [2.05, 4.69) is 11.9 Å². The fraction of sp³-hybridized carbons (Fsp3) is 0.308. The molecule has 0 aliphatic rings. The van der Waals surface area contributed by atoms with E-state index in [1.54, 1.807) is 11.3 Å². The monoisotopic (exact) mass is 281 g/mol. The largest absolute Gasteiger partial charge is 0.375 e. The molecule has 3 nitrogen and oxygen atoms in total. The summed E-state index contributed by atoms with van der Waals surface area (Å²) in [7, 11) is 0.